The first-order chi connectivity index (χ1) is 4.42. The van der Waals surface area contributed by atoms with Crippen molar-refractivity contribution in [1.82, 2.24) is 0 Å². The standard InChI is InChI=1S/C6H12O3S/c1-6(2)4-5-9-10(3,7)8/h1,4-5H2,2-3H3. The Balaban J connectivity index is 3.49. The maximum absolute atomic E-state index is 10.4. The quantitative estimate of drug-likeness (QED) is 0.458. The van der Waals surface area contributed by atoms with E-state index >= 15 is 0 Å². The van der Waals surface area contributed by atoms with Gasteiger partial charge in [-0.25, -0.2) is 0 Å². The molecular formula is C6H12O3S. The highest BCUT2D eigenvalue weighted by Crippen LogP contribution is 1.97. The number of hydrogen-bond donors (Lipinski definition) is 0. The molecule has 0 atom stereocenters. The van der Waals surface area contributed by atoms with Gasteiger partial charge in [0.25, 0.3) is 10.1 Å². The largest absolute Gasteiger partial charge is 0.270 e. The molecule has 0 aliphatic rings. The van der Waals surface area contributed by atoms with Crippen molar-refractivity contribution in [1.29, 1.82) is 0 Å². The van der Waals surface area contributed by atoms with E-state index in [0.717, 1.165) is 11.8 Å². The average molecular weight is 164 g/mol. The van der Waals surface area contributed by atoms with Crippen molar-refractivity contribution in [2.45, 2.75) is 13.3 Å². The van der Waals surface area contributed by atoms with Crippen molar-refractivity contribution in [3.63, 3.8) is 0 Å². The molecule has 0 unspecified atom stereocenters. The number of hydrogen-bond acceptors (Lipinski definition) is 3. The molecule has 0 aromatic rings. The first-order valence-corrected chi connectivity index (χ1v) is 4.72. The maximum Gasteiger partial charge on any atom is 0.264 e. The van der Waals surface area contributed by atoms with E-state index in [4.69, 9.17) is 0 Å². The lowest BCUT2D eigenvalue weighted by Crippen LogP contribution is -2.03. The summed E-state index contributed by atoms with van der Waals surface area (Å²) in [6.45, 7) is 5.63. The Morgan fingerprint density at radius 2 is 2.10 bits per heavy atom. The first-order valence-electron chi connectivity index (χ1n) is 2.90. The van der Waals surface area contributed by atoms with Gasteiger partial charge >= 0.3 is 0 Å². The molecule has 60 valence electrons. The highest BCUT2D eigenvalue weighted by Gasteiger charge is 1.99. The molecule has 4 heteroatoms. The van der Waals surface area contributed by atoms with Gasteiger partial charge in [0.2, 0.25) is 0 Å². The molecule has 0 amide bonds. The molecule has 10 heavy (non-hydrogen) atoms. The van der Waals surface area contributed by atoms with Gasteiger partial charge in [0.05, 0.1) is 12.9 Å². The van der Waals surface area contributed by atoms with Crippen LogP contribution in [0.15, 0.2) is 12.2 Å². The van der Waals surface area contributed by atoms with E-state index in [2.05, 4.69) is 10.8 Å². The van der Waals surface area contributed by atoms with E-state index in [0.29, 0.717) is 6.42 Å². The molecule has 0 heterocycles. The van der Waals surface area contributed by atoms with Gasteiger partial charge in [-0.3, -0.25) is 4.18 Å². The Labute approximate surface area is 61.8 Å². The Morgan fingerprint density at radius 1 is 1.60 bits per heavy atom. The normalized spacial score (nSPS) is 11.4. The van der Waals surface area contributed by atoms with Crippen LogP contribution in [-0.4, -0.2) is 21.3 Å². The maximum atomic E-state index is 10.4. The molecule has 0 aromatic carbocycles. The van der Waals surface area contributed by atoms with E-state index in [1.54, 1.807) is 0 Å². The summed E-state index contributed by atoms with van der Waals surface area (Å²) in [5, 5.41) is 0. The van der Waals surface area contributed by atoms with Gasteiger partial charge in [-0.2, -0.15) is 8.42 Å². The van der Waals surface area contributed by atoms with E-state index in [1.807, 2.05) is 6.92 Å². The Morgan fingerprint density at radius 3 is 2.40 bits per heavy atom. The van der Waals surface area contributed by atoms with E-state index in [1.165, 1.54) is 0 Å². The van der Waals surface area contributed by atoms with Crippen LogP contribution < -0.4 is 0 Å². The van der Waals surface area contributed by atoms with Gasteiger partial charge in [0.15, 0.2) is 0 Å². The summed E-state index contributed by atoms with van der Waals surface area (Å²) in [4.78, 5) is 0. The zero-order valence-electron chi connectivity index (χ0n) is 6.25. The molecule has 0 bridgehead atoms. The summed E-state index contributed by atoms with van der Waals surface area (Å²) in [7, 11) is -3.26. The predicted octanol–water partition coefficient (Wildman–Crippen LogP) is 0.929. The van der Waals surface area contributed by atoms with Crippen LogP contribution in [-0.2, 0) is 14.3 Å². The zero-order chi connectivity index (χ0) is 8.20. The molecule has 0 saturated carbocycles. The second-order valence-corrected chi connectivity index (χ2v) is 3.88. The molecule has 3 nitrogen and oxygen atoms in total. The third-order valence-corrected chi connectivity index (χ3v) is 1.42. The molecule has 0 radical (unpaired) electrons. The van der Waals surface area contributed by atoms with Gasteiger partial charge in [-0.1, -0.05) is 5.57 Å². The Hall–Kier alpha value is -0.350. The van der Waals surface area contributed by atoms with E-state index in [-0.39, 0.29) is 6.61 Å². The van der Waals surface area contributed by atoms with Crippen LogP contribution in [0.1, 0.15) is 13.3 Å². The van der Waals surface area contributed by atoms with Crippen LogP contribution in [0.5, 0.6) is 0 Å². The van der Waals surface area contributed by atoms with Crippen molar-refractivity contribution in [2.24, 2.45) is 0 Å². The van der Waals surface area contributed by atoms with Crippen LogP contribution in [0, 0.1) is 0 Å². The summed E-state index contributed by atoms with van der Waals surface area (Å²) in [5.41, 5.74) is 0.920. The van der Waals surface area contributed by atoms with E-state index < -0.39 is 10.1 Å². The fourth-order valence-corrected chi connectivity index (χ4v) is 0.753. The first kappa shape index (κ1) is 9.65. The third-order valence-electron chi connectivity index (χ3n) is 0.826. The number of rotatable bonds is 4. The van der Waals surface area contributed by atoms with Gasteiger partial charge in [-0.05, 0) is 13.3 Å². The van der Waals surface area contributed by atoms with Crippen molar-refractivity contribution in [3.05, 3.63) is 12.2 Å². The Kier molecular flexibility index (Phi) is 3.60. The Bertz CT molecular complexity index is 203. The predicted molar refractivity (Wildman–Crippen MR) is 40.2 cm³/mol. The minimum absolute atomic E-state index is 0.203. The van der Waals surface area contributed by atoms with Crippen molar-refractivity contribution < 1.29 is 12.6 Å². The SMILES string of the molecule is C=C(C)CCOS(C)(=O)=O. The molecular weight excluding hydrogens is 152 g/mol. The highest BCUT2D eigenvalue weighted by atomic mass is 32.2. The fraction of sp³-hybridized carbons (Fsp3) is 0.667. The molecule has 0 saturated heterocycles. The monoisotopic (exact) mass is 164 g/mol. The lowest BCUT2D eigenvalue weighted by Gasteiger charge is -1.98. The molecule has 0 fully saturated rings. The van der Waals surface area contributed by atoms with Gasteiger partial charge in [0.1, 0.15) is 0 Å². The van der Waals surface area contributed by atoms with Crippen LogP contribution >= 0.6 is 0 Å². The average Bonchev–Trinajstić information content (AvgIpc) is 1.59. The van der Waals surface area contributed by atoms with Gasteiger partial charge < -0.3 is 0 Å². The third kappa shape index (κ3) is 7.65. The van der Waals surface area contributed by atoms with Gasteiger partial charge in [-0.15, -0.1) is 6.58 Å². The zero-order valence-corrected chi connectivity index (χ0v) is 7.07. The summed E-state index contributed by atoms with van der Waals surface area (Å²) in [6, 6.07) is 0. The minimum Gasteiger partial charge on any atom is -0.270 e. The molecule has 0 aliphatic carbocycles. The van der Waals surface area contributed by atoms with Crippen LogP contribution in [0.3, 0.4) is 0 Å². The highest BCUT2D eigenvalue weighted by molar-refractivity contribution is 7.85. The van der Waals surface area contributed by atoms with E-state index in [9.17, 15) is 8.42 Å². The minimum atomic E-state index is -3.26. The summed E-state index contributed by atoms with van der Waals surface area (Å²) in [6.07, 6.45) is 1.62. The van der Waals surface area contributed by atoms with Crippen LogP contribution in [0.25, 0.3) is 0 Å². The second-order valence-electron chi connectivity index (χ2n) is 2.23. The topological polar surface area (TPSA) is 43.4 Å². The van der Waals surface area contributed by atoms with Crippen LogP contribution in [0.2, 0.25) is 0 Å². The lowest BCUT2D eigenvalue weighted by atomic mass is 10.3. The van der Waals surface area contributed by atoms with Crippen molar-refractivity contribution in [2.75, 3.05) is 12.9 Å². The van der Waals surface area contributed by atoms with Crippen LogP contribution in [0.4, 0.5) is 0 Å². The molecule has 0 rings (SSSR count). The molecule has 0 spiro atoms. The van der Waals surface area contributed by atoms with Crippen molar-refractivity contribution in [3.8, 4) is 0 Å². The fourth-order valence-electron chi connectivity index (χ4n) is 0.367. The van der Waals surface area contributed by atoms with Crippen molar-refractivity contribution >= 4 is 10.1 Å². The lowest BCUT2D eigenvalue weighted by molar-refractivity contribution is 0.326. The molecule has 0 N–H and O–H groups in total. The summed E-state index contributed by atoms with van der Waals surface area (Å²) in [5.74, 6) is 0. The summed E-state index contributed by atoms with van der Waals surface area (Å²) >= 11 is 0. The smallest absolute Gasteiger partial charge is 0.264 e. The second kappa shape index (κ2) is 3.73. The molecule has 0 aliphatic heterocycles. The van der Waals surface area contributed by atoms with Gasteiger partial charge in [0, 0.05) is 0 Å². The molecule has 0 aromatic heterocycles. The summed E-state index contributed by atoms with van der Waals surface area (Å²) < 4.78 is 25.2.